The van der Waals surface area contributed by atoms with Crippen LogP contribution < -0.4 is 21.3 Å². The topological polar surface area (TPSA) is 82.3 Å². The van der Waals surface area contributed by atoms with Gasteiger partial charge in [0.2, 0.25) is 0 Å². The van der Waals surface area contributed by atoms with Crippen LogP contribution in [0.4, 0.5) is 0 Å². The fourth-order valence-electron chi connectivity index (χ4n) is 1.40. The van der Waals surface area contributed by atoms with Gasteiger partial charge < -0.3 is 21.3 Å². The van der Waals surface area contributed by atoms with Crippen molar-refractivity contribution in [2.45, 2.75) is 12.8 Å². The summed E-state index contributed by atoms with van der Waals surface area (Å²) >= 11 is 8.14. The summed E-state index contributed by atoms with van der Waals surface area (Å²) in [5, 5.41) is 11.5. The van der Waals surface area contributed by atoms with Crippen LogP contribution >= 0.6 is 25.3 Å². The zero-order valence-corrected chi connectivity index (χ0v) is 13.6. The maximum Gasteiger partial charge on any atom is 0.309 e. The van der Waals surface area contributed by atoms with Crippen molar-refractivity contribution in [3.8, 4) is 0 Å². The second-order valence-corrected chi connectivity index (χ2v) is 5.06. The van der Waals surface area contributed by atoms with Crippen molar-refractivity contribution in [2.75, 3.05) is 50.8 Å². The minimum atomic E-state index is -0.567. The normalized spacial score (nSPS) is 10.3. The number of amides is 2. The Labute approximate surface area is 132 Å². The highest BCUT2D eigenvalue weighted by Gasteiger charge is 2.11. The van der Waals surface area contributed by atoms with Gasteiger partial charge in [-0.3, -0.25) is 9.59 Å². The van der Waals surface area contributed by atoms with E-state index in [1.807, 2.05) is 0 Å². The number of hydrogen-bond acceptors (Lipinski definition) is 6. The van der Waals surface area contributed by atoms with E-state index >= 15 is 0 Å². The standard InChI is InChI=1S/C12H26N4O2S2/c17-11(15-5-1-3-13-7-9-19)12(18)16-6-2-4-14-8-10-20/h13-14,19-20H,1-10H2,(H,15,17)(H,16,18). The third-order valence-electron chi connectivity index (χ3n) is 2.42. The fourth-order valence-corrected chi connectivity index (χ4v) is 1.72. The molecule has 0 radical (unpaired) electrons. The fraction of sp³-hybridized carbons (Fsp3) is 0.833. The van der Waals surface area contributed by atoms with E-state index in [9.17, 15) is 9.59 Å². The van der Waals surface area contributed by atoms with Crippen molar-refractivity contribution in [3.05, 3.63) is 0 Å². The first-order chi connectivity index (χ1) is 9.72. The predicted octanol–water partition coefficient (Wildman–Crippen LogP) is -0.962. The Morgan fingerprint density at radius 1 is 0.650 bits per heavy atom. The molecule has 20 heavy (non-hydrogen) atoms. The number of nitrogens with one attached hydrogen (secondary N) is 4. The first kappa shape index (κ1) is 19.6. The molecule has 2 amide bonds. The molecular formula is C12H26N4O2S2. The van der Waals surface area contributed by atoms with Crippen molar-refractivity contribution in [3.63, 3.8) is 0 Å². The lowest BCUT2D eigenvalue weighted by atomic mass is 10.4. The molecule has 0 saturated carbocycles. The monoisotopic (exact) mass is 322 g/mol. The quantitative estimate of drug-likeness (QED) is 0.159. The highest BCUT2D eigenvalue weighted by atomic mass is 32.1. The molecule has 0 aromatic rings. The molecule has 0 aromatic heterocycles. The van der Waals surface area contributed by atoms with E-state index in [0.29, 0.717) is 13.1 Å². The van der Waals surface area contributed by atoms with Gasteiger partial charge in [-0.15, -0.1) is 0 Å². The summed E-state index contributed by atoms with van der Waals surface area (Å²) in [6.45, 7) is 4.29. The molecule has 0 aliphatic rings. The van der Waals surface area contributed by atoms with Gasteiger partial charge in [0.1, 0.15) is 0 Å². The third kappa shape index (κ3) is 12.6. The van der Waals surface area contributed by atoms with E-state index < -0.39 is 11.8 Å². The molecule has 6 nitrogen and oxygen atoms in total. The van der Waals surface area contributed by atoms with Crippen LogP contribution in [-0.2, 0) is 9.59 Å². The molecule has 0 heterocycles. The number of carbonyl (C=O) groups excluding carboxylic acids is 2. The smallest absolute Gasteiger partial charge is 0.309 e. The lowest BCUT2D eigenvalue weighted by Crippen LogP contribution is -2.41. The molecule has 0 aromatic carbocycles. The Kier molecular flexibility index (Phi) is 14.6. The average Bonchev–Trinajstić information content (AvgIpc) is 2.45. The lowest BCUT2D eigenvalue weighted by molar-refractivity contribution is -0.139. The first-order valence-corrected chi connectivity index (χ1v) is 8.18. The van der Waals surface area contributed by atoms with Gasteiger partial charge in [-0.05, 0) is 25.9 Å². The summed E-state index contributed by atoms with van der Waals surface area (Å²) in [6, 6.07) is 0. The second kappa shape index (κ2) is 15.0. The molecule has 118 valence electrons. The van der Waals surface area contributed by atoms with Crippen molar-refractivity contribution in [1.82, 2.24) is 21.3 Å². The van der Waals surface area contributed by atoms with E-state index in [1.165, 1.54) is 0 Å². The first-order valence-electron chi connectivity index (χ1n) is 6.91. The summed E-state index contributed by atoms with van der Waals surface area (Å²) in [5.74, 6) is 0.444. The molecule has 0 fully saturated rings. The zero-order valence-electron chi connectivity index (χ0n) is 11.8. The van der Waals surface area contributed by atoms with E-state index in [4.69, 9.17) is 0 Å². The highest BCUT2D eigenvalue weighted by Crippen LogP contribution is 1.79. The van der Waals surface area contributed by atoms with Gasteiger partial charge in [0.25, 0.3) is 0 Å². The minimum absolute atomic E-state index is 0.495. The Bertz CT molecular complexity index is 242. The Balaban J connectivity index is 3.40. The third-order valence-corrected chi connectivity index (χ3v) is 2.86. The molecule has 0 rings (SSSR count). The number of rotatable bonds is 12. The molecule has 0 bridgehead atoms. The molecule has 8 heteroatoms. The predicted molar refractivity (Wildman–Crippen MR) is 88.7 cm³/mol. The Morgan fingerprint density at radius 2 is 1.05 bits per heavy atom. The number of hydrogen-bond donors (Lipinski definition) is 6. The minimum Gasteiger partial charge on any atom is -0.348 e. The summed E-state index contributed by atoms with van der Waals surface area (Å²) in [4.78, 5) is 22.8. The van der Waals surface area contributed by atoms with Gasteiger partial charge in [0.15, 0.2) is 0 Å². The average molecular weight is 323 g/mol. The van der Waals surface area contributed by atoms with E-state index in [2.05, 4.69) is 46.5 Å². The molecule has 4 N–H and O–H groups in total. The molecule has 0 atom stereocenters. The highest BCUT2D eigenvalue weighted by molar-refractivity contribution is 7.80. The van der Waals surface area contributed by atoms with Gasteiger partial charge in [-0.25, -0.2) is 0 Å². The van der Waals surface area contributed by atoms with Crippen LogP contribution in [0.3, 0.4) is 0 Å². The van der Waals surface area contributed by atoms with E-state index in [1.54, 1.807) is 0 Å². The van der Waals surface area contributed by atoms with Crippen LogP contribution in [0.2, 0.25) is 0 Å². The largest absolute Gasteiger partial charge is 0.348 e. The number of thiol groups is 2. The van der Waals surface area contributed by atoms with E-state index in [-0.39, 0.29) is 0 Å². The lowest BCUT2D eigenvalue weighted by Gasteiger charge is -2.07. The maximum absolute atomic E-state index is 11.4. The van der Waals surface area contributed by atoms with Crippen molar-refractivity contribution in [1.29, 1.82) is 0 Å². The van der Waals surface area contributed by atoms with Crippen molar-refractivity contribution < 1.29 is 9.59 Å². The van der Waals surface area contributed by atoms with Gasteiger partial charge in [-0.1, -0.05) is 0 Å². The second-order valence-electron chi connectivity index (χ2n) is 4.17. The SMILES string of the molecule is O=C(NCCCNCCS)C(=O)NCCCNCCS. The zero-order chi connectivity index (χ0) is 15.1. The summed E-state index contributed by atoms with van der Waals surface area (Å²) in [6.07, 6.45) is 1.58. The maximum atomic E-state index is 11.4. The Morgan fingerprint density at radius 3 is 1.40 bits per heavy atom. The molecular weight excluding hydrogens is 296 g/mol. The van der Waals surface area contributed by atoms with Crippen LogP contribution in [0.25, 0.3) is 0 Å². The molecule has 0 unspecified atom stereocenters. The van der Waals surface area contributed by atoms with Crippen LogP contribution in [0.1, 0.15) is 12.8 Å². The van der Waals surface area contributed by atoms with Gasteiger partial charge >= 0.3 is 11.8 Å². The molecule has 0 aliphatic carbocycles. The molecule has 0 aliphatic heterocycles. The van der Waals surface area contributed by atoms with Crippen LogP contribution in [0.15, 0.2) is 0 Å². The molecule has 0 saturated heterocycles. The van der Waals surface area contributed by atoms with Gasteiger partial charge in [-0.2, -0.15) is 25.3 Å². The van der Waals surface area contributed by atoms with E-state index in [0.717, 1.165) is 50.5 Å². The van der Waals surface area contributed by atoms with Crippen molar-refractivity contribution in [2.24, 2.45) is 0 Å². The number of carbonyl (C=O) groups is 2. The Hall–Kier alpha value is -0.440. The summed E-state index contributed by atoms with van der Waals surface area (Å²) < 4.78 is 0. The van der Waals surface area contributed by atoms with Crippen LogP contribution in [-0.4, -0.2) is 62.6 Å². The molecule has 0 spiro atoms. The van der Waals surface area contributed by atoms with Gasteiger partial charge in [0.05, 0.1) is 0 Å². The van der Waals surface area contributed by atoms with Crippen molar-refractivity contribution >= 4 is 37.1 Å². The van der Waals surface area contributed by atoms with Crippen LogP contribution in [0.5, 0.6) is 0 Å². The summed E-state index contributed by atoms with van der Waals surface area (Å²) in [5.41, 5.74) is 0. The summed E-state index contributed by atoms with van der Waals surface area (Å²) in [7, 11) is 0. The van der Waals surface area contributed by atoms with Gasteiger partial charge in [0, 0.05) is 37.7 Å². The van der Waals surface area contributed by atoms with Crippen LogP contribution in [0, 0.1) is 0 Å².